The Labute approximate surface area is 589 Å². The van der Waals surface area contributed by atoms with E-state index in [4.69, 9.17) is 37.9 Å². The lowest BCUT2D eigenvalue weighted by Gasteiger charge is -2.33. The molecule has 0 rings (SSSR count). The maximum absolute atomic E-state index is 6.32. The summed E-state index contributed by atoms with van der Waals surface area (Å²) in [6.45, 7) is 15.0. The normalized spacial score (nSPS) is 12.0. The van der Waals surface area contributed by atoms with E-state index in [9.17, 15) is 0 Å². The minimum atomic E-state index is -0.270. The number of hydrogen-bond donors (Lipinski definition) is 6. The van der Waals surface area contributed by atoms with Gasteiger partial charge in [0.25, 0.3) is 0 Å². The van der Waals surface area contributed by atoms with Gasteiger partial charge in [0.1, 0.15) is 0 Å². The van der Waals surface area contributed by atoms with E-state index in [-0.39, 0.29) is 10.8 Å². The standard InChI is InChI=1S/C34H70O4S12.C22H46O4S6/c1-2-35-30-34(31-36-6-3-12-42-18-24-48-27-21-45-15-9-39,32-37-7-4-13-43-19-25-49-28-22-46-16-10-40)33-38-8-5-14-44-20-26-50-29-23-47-17-11-41;1-2-23-18-22(19-24-6-3-12-30-15-9-27,20-25-7-4-13-31-16-10-28)21-26-8-5-14-32-17-11-29/h39-41H,2-33H2,1H3;27-29H,2-21H2,1H3. The highest BCUT2D eigenvalue weighted by molar-refractivity contribution is 8.06. The predicted octanol–water partition coefficient (Wildman–Crippen LogP) is 14.8. The second-order valence-corrected chi connectivity index (χ2v) is 35.8. The lowest BCUT2D eigenvalue weighted by Crippen LogP contribution is -2.42. The summed E-state index contributed by atoms with van der Waals surface area (Å²) in [7, 11) is 0. The highest BCUT2D eigenvalue weighted by Crippen LogP contribution is 2.24. The van der Waals surface area contributed by atoms with Crippen molar-refractivity contribution >= 4 is 217 Å². The van der Waals surface area contributed by atoms with Crippen LogP contribution in [-0.4, -0.2) is 278 Å². The maximum Gasteiger partial charge on any atom is 0.0637 e. The van der Waals surface area contributed by atoms with Gasteiger partial charge in [0.05, 0.1) is 63.7 Å². The van der Waals surface area contributed by atoms with Gasteiger partial charge in [-0.1, -0.05) is 0 Å². The fraction of sp³-hybridized carbons (Fsp3) is 1.00. The SMILES string of the molecule is CCOCC(COCCCSCCS)(COCCCSCCS)COCCCSCCS.CCOCC(COCCCSCCSCCSCCS)(COCCCSCCSCCSCCS)COCCCSCCSCCSCCS. The summed E-state index contributed by atoms with van der Waals surface area (Å²) in [5, 5.41) is 0. The zero-order valence-electron chi connectivity index (χ0n) is 50.6. The van der Waals surface area contributed by atoms with Crippen molar-refractivity contribution in [1.82, 2.24) is 0 Å². The van der Waals surface area contributed by atoms with Crippen molar-refractivity contribution in [2.75, 3.05) is 278 Å². The Morgan fingerprint density at radius 3 is 0.524 bits per heavy atom. The van der Waals surface area contributed by atoms with E-state index in [1.165, 1.54) is 69.0 Å². The molecule has 0 radical (unpaired) electrons. The molecule has 0 aliphatic heterocycles. The van der Waals surface area contributed by atoms with Crippen LogP contribution in [0.25, 0.3) is 0 Å². The molecule has 0 aliphatic carbocycles. The Morgan fingerprint density at radius 1 is 0.207 bits per heavy atom. The van der Waals surface area contributed by atoms with Crippen LogP contribution in [-0.2, 0) is 37.9 Å². The van der Waals surface area contributed by atoms with Crippen molar-refractivity contribution < 1.29 is 37.9 Å². The summed E-state index contributed by atoms with van der Waals surface area (Å²) in [5.41, 5.74) is -0.529. The highest BCUT2D eigenvalue weighted by Gasteiger charge is 2.33. The molecule has 0 aromatic carbocycles. The molecule has 0 N–H and O–H groups in total. The van der Waals surface area contributed by atoms with Gasteiger partial charge in [0.2, 0.25) is 0 Å². The molecule has 0 atom stereocenters. The topological polar surface area (TPSA) is 73.8 Å². The quantitative estimate of drug-likeness (QED) is 0.0258. The van der Waals surface area contributed by atoms with Gasteiger partial charge in [-0.3, -0.25) is 0 Å². The average molecular weight is 1490 g/mol. The van der Waals surface area contributed by atoms with E-state index in [1.807, 2.05) is 113 Å². The van der Waals surface area contributed by atoms with E-state index < -0.39 is 0 Å². The fourth-order valence-electron chi connectivity index (χ4n) is 6.77. The molecule has 0 heterocycles. The van der Waals surface area contributed by atoms with Gasteiger partial charge in [0, 0.05) is 156 Å². The summed E-state index contributed by atoms with van der Waals surface area (Å²) in [6.07, 6.45) is 6.38. The first kappa shape index (κ1) is 90.0. The molecule has 0 bridgehead atoms. The second kappa shape index (κ2) is 79.4. The number of thiol groups is 6. The van der Waals surface area contributed by atoms with E-state index in [2.05, 4.69) is 118 Å². The molecule has 82 heavy (non-hydrogen) atoms. The van der Waals surface area contributed by atoms with Gasteiger partial charge >= 0.3 is 0 Å². The van der Waals surface area contributed by atoms with E-state index in [1.54, 1.807) is 0 Å². The summed E-state index contributed by atoms with van der Waals surface area (Å²) < 4.78 is 49.1. The zero-order chi connectivity index (χ0) is 59.9. The molecular formula is C56H116O8S18. The lowest BCUT2D eigenvalue weighted by molar-refractivity contribution is -0.105. The van der Waals surface area contributed by atoms with Crippen LogP contribution >= 0.6 is 217 Å². The Bertz CT molecular complexity index is 1050. The minimum absolute atomic E-state index is 0.259. The predicted molar refractivity (Wildman–Crippen MR) is 421 cm³/mol. The van der Waals surface area contributed by atoms with Gasteiger partial charge in [-0.2, -0.15) is 217 Å². The Morgan fingerprint density at radius 2 is 0.354 bits per heavy atom. The van der Waals surface area contributed by atoms with Crippen LogP contribution in [0.2, 0.25) is 0 Å². The zero-order valence-corrected chi connectivity index (χ0v) is 65.8. The Balaban J connectivity index is 0. The number of ether oxygens (including phenoxy) is 8. The van der Waals surface area contributed by atoms with Crippen LogP contribution in [0.15, 0.2) is 0 Å². The van der Waals surface area contributed by atoms with Crippen molar-refractivity contribution in [3.8, 4) is 0 Å². The Kier molecular flexibility index (Phi) is 87.2. The first-order chi connectivity index (χ1) is 40.5. The molecule has 0 aromatic heterocycles. The van der Waals surface area contributed by atoms with Crippen LogP contribution < -0.4 is 0 Å². The molecule has 26 heteroatoms. The van der Waals surface area contributed by atoms with Crippen molar-refractivity contribution in [2.45, 2.75) is 52.4 Å². The molecule has 0 aliphatic rings. The molecule has 0 saturated heterocycles. The smallest absolute Gasteiger partial charge is 0.0637 e. The summed E-state index contributed by atoms with van der Waals surface area (Å²) in [6, 6.07) is 0. The average Bonchev–Trinajstić information content (AvgIpc) is 3.49. The molecule has 496 valence electrons. The van der Waals surface area contributed by atoms with Crippen LogP contribution in [0, 0.1) is 10.8 Å². The van der Waals surface area contributed by atoms with Gasteiger partial charge in [0.15, 0.2) is 0 Å². The van der Waals surface area contributed by atoms with Crippen molar-refractivity contribution in [3.05, 3.63) is 0 Å². The molecule has 0 aromatic rings. The Hall–Kier alpha value is 5.98. The van der Waals surface area contributed by atoms with Gasteiger partial charge in [-0.05, 0) is 121 Å². The lowest BCUT2D eigenvalue weighted by atomic mass is 9.92. The monoisotopic (exact) mass is 1490 g/mol. The number of rotatable bonds is 72. The first-order valence-corrected chi connectivity index (χ1v) is 47.3. The summed E-state index contributed by atoms with van der Waals surface area (Å²) in [4.78, 5) is 0. The number of thioether (sulfide) groups is 12. The van der Waals surface area contributed by atoms with E-state index in [0.717, 1.165) is 182 Å². The third-order valence-electron chi connectivity index (χ3n) is 10.8. The van der Waals surface area contributed by atoms with Crippen molar-refractivity contribution in [3.63, 3.8) is 0 Å². The van der Waals surface area contributed by atoms with Crippen molar-refractivity contribution in [2.24, 2.45) is 10.8 Å². The van der Waals surface area contributed by atoms with Crippen LogP contribution in [0.1, 0.15) is 52.4 Å². The first-order valence-electron chi connectivity index (χ1n) is 29.7. The molecular weight excluding hydrogens is 1380 g/mol. The molecule has 0 fully saturated rings. The van der Waals surface area contributed by atoms with Gasteiger partial charge in [-0.25, -0.2) is 0 Å². The summed E-state index contributed by atoms with van der Waals surface area (Å²) in [5.74, 6) is 34.1. The van der Waals surface area contributed by atoms with Crippen molar-refractivity contribution in [1.29, 1.82) is 0 Å². The highest BCUT2D eigenvalue weighted by atomic mass is 32.2. The fourth-order valence-corrected chi connectivity index (χ4v) is 19.9. The van der Waals surface area contributed by atoms with Gasteiger partial charge < -0.3 is 37.9 Å². The molecule has 0 saturated carbocycles. The second-order valence-electron chi connectivity index (χ2n) is 18.4. The molecule has 0 spiro atoms. The third kappa shape index (κ3) is 70.3. The molecule has 0 amide bonds. The molecule has 8 nitrogen and oxygen atoms in total. The van der Waals surface area contributed by atoms with Crippen LogP contribution in [0.4, 0.5) is 0 Å². The maximum atomic E-state index is 6.32. The van der Waals surface area contributed by atoms with Crippen LogP contribution in [0.3, 0.4) is 0 Å². The van der Waals surface area contributed by atoms with Crippen LogP contribution in [0.5, 0.6) is 0 Å². The largest absolute Gasteiger partial charge is 0.381 e. The van der Waals surface area contributed by atoms with E-state index >= 15 is 0 Å². The minimum Gasteiger partial charge on any atom is -0.381 e. The third-order valence-corrected chi connectivity index (χ3v) is 27.8. The van der Waals surface area contributed by atoms with Gasteiger partial charge in [-0.15, -0.1) is 0 Å². The number of hydrogen-bond acceptors (Lipinski definition) is 26. The van der Waals surface area contributed by atoms with E-state index in [0.29, 0.717) is 66.1 Å². The molecule has 0 unspecified atom stereocenters. The summed E-state index contributed by atoms with van der Waals surface area (Å²) >= 11 is 49.8.